The number of halogens is 1. The molecule has 0 radical (unpaired) electrons. The van der Waals surface area contributed by atoms with Crippen LogP contribution in [0.25, 0.3) is 42.8 Å². The Bertz CT molecular complexity index is 1540. The lowest BCUT2D eigenvalue weighted by molar-refractivity contribution is 1.20. The number of thiophene rings is 1. The van der Waals surface area contributed by atoms with Crippen molar-refractivity contribution < 1.29 is 0 Å². The van der Waals surface area contributed by atoms with Crippen LogP contribution in [0.15, 0.2) is 59.5 Å². The minimum absolute atomic E-state index is 0.101. The van der Waals surface area contributed by atoms with E-state index >= 15 is 0 Å². The maximum absolute atomic E-state index is 12.4. The highest BCUT2D eigenvalue weighted by atomic mass is 35.5. The highest BCUT2D eigenvalue weighted by molar-refractivity contribution is 7.22. The van der Waals surface area contributed by atoms with Gasteiger partial charge in [-0.05, 0) is 54.3 Å². The van der Waals surface area contributed by atoms with E-state index in [1.165, 1.54) is 6.07 Å². The summed E-state index contributed by atoms with van der Waals surface area (Å²) in [4.78, 5) is 25.5. The molecule has 1 aromatic carbocycles. The van der Waals surface area contributed by atoms with Gasteiger partial charge in [0.05, 0.1) is 27.6 Å². The number of fused-ring (bicyclic) bond motifs is 2. The SMILES string of the molecule is Cc1cc(-c2cc3c(=O)cc[nH]c3nc2-c2cc3ccc(C#N)cc3s2)cc(Cl)n1. The molecule has 0 spiro atoms. The van der Waals surface area contributed by atoms with Gasteiger partial charge >= 0.3 is 0 Å². The van der Waals surface area contributed by atoms with E-state index in [9.17, 15) is 10.1 Å². The molecule has 7 heteroatoms. The van der Waals surface area contributed by atoms with Gasteiger partial charge < -0.3 is 4.98 Å². The first-order valence-electron chi connectivity index (χ1n) is 9.13. The molecule has 0 aliphatic heterocycles. The van der Waals surface area contributed by atoms with Crippen LogP contribution in [0.1, 0.15) is 11.3 Å². The number of aryl methyl sites for hydroxylation is 1. The molecule has 0 aliphatic carbocycles. The fraction of sp³-hybridized carbons (Fsp3) is 0.0435. The maximum atomic E-state index is 12.4. The van der Waals surface area contributed by atoms with Gasteiger partial charge in [-0.2, -0.15) is 5.26 Å². The molecule has 0 bridgehead atoms. The number of benzene rings is 1. The predicted octanol–water partition coefficient (Wildman–Crippen LogP) is 5.70. The Morgan fingerprint density at radius 2 is 1.97 bits per heavy atom. The van der Waals surface area contributed by atoms with Crippen molar-refractivity contribution in [2.24, 2.45) is 0 Å². The van der Waals surface area contributed by atoms with Gasteiger partial charge in [0.15, 0.2) is 5.43 Å². The minimum atomic E-state index is -0.101. The summed E-state index contributed by atoms with van der Waals surface area (Å²) in [5.41, 5.74) is 4.20. The average Bonchev–Trinajstić information content (AvgIpc) is 3.15. The first-order chi connectivity index (χ1) is 14.5. The minimum Gasteiger partial charge on any atom is -0.346 e. The Kier molecular flexibility index (Phi) is 4.35. The molecule has 0 saturated carbocycles. The molecule has 4 heterocycles. The van der Waals surface area contributed by atoms with Gasteiger partial charge in [-0.25, -0.2) is 9.97 Å². The number of aromatic nitrogens is 3. The summed E-state index contributed by atoms with van der Waals surface area (Å²) in [7, 11) is 0. The van der Waals surface area contributed by atoms with Crippen LogP contribution in [-0.2, 0) is 0 Å². The van der Waals surface area contributed by atoms with Crippen LogP contribution < -0.4 is 5.43 Å². The van der Waals surface area contributed by atoms with E-state index < -0.39 is 0 Å². The number of rotatable bonds is 2. The van der Waals surface area contributed by atoms with Crippen molar-refractivity contribution in [2.75, 3.05) is 0 Å². The summed E-state index contributed by atoms with van der Waals surface area (Å²) in [6.45, 7) is 1.87. The number of aromatic amines is 1. The third kappa shape index (κ3) is 3.14. The summed E-state index contributed by atoms with van der Waals surface area (Å²) in [6, 6.07) is 16.9. The lowest BCUT2D eigenvalue weighted by Gasteiger charge is -2.10. The van der Waals surface area contributed by atoms with E-state index in [2.05, 4.69) is 22.1 Å². The molecule has 0 atom stereocenters. The zero-order valence-electron chi connectivity index (χ0n) is 15.7. The van der Waals surface area contributed by atoms with Gasteiger partial charge in [0.25, 0.3) is 0 Å². The maximum Gasteiger partial charge on any atom is 0.191 e. The second-order valence-electron chi connectivity index (χ2n) is 6.92. The largest absolute Gasteiger partial charge is 0.346 e. The Morgan fingerprint density at radius 3 is 2.77 bits per heavy atom. The van der Waals surface area contributed by atoms with Crippen molar-refractivity contribution in [2.45, 2.75) is 6.92 Å². The Balaban J connectivity index is 1.84. The van der Waals surface area contributed by atoms with Crippen LogP contribution >= 0.6 is 22.9 Å². The van der Waals surface area contributed by atoms with E-state index in [0.29, 0.717) is 21.7 Å². The van der Waals surface area contributed by atoms with Crippen molar-refractivity contribution in [3.63, 3.8) is 0 Å². The highest BCUT2D eigenvalue weighted by Gasteiger charge is 2.16. The lowest BCUT2D eigenvalue weighted by Crippen LogP contribution is -2.03. The van der Waals surface area contributed by atoms with Crippen molar-refractivity contribution >= 4 is 44.1 Å². The molecule has 0 aliphatic rings. The Labute approximate surface area is 180 Å². The van der Waals surface area contributed by atoms with E-state index in [-0.39, 0.29) is 5.43 Å². The summed E-state index contributed by atoms with van der Waals surface area (Å²) < 4.78 is 1.00. The number of nitrogens with one attached hydrogen (secondary N) is 1. The molecule has 144 valence electrons. The zero-order chi connectivity index (χ0) is 20.8. The molecule has 5 aromatic rings. The second-order valence-corrected chi connectivity index (χ2v) is 8.39. The number of hydrogen-bond acceptors (Lipinski definition) is 5. The average molecular weight is 429 g/mol. The lowest BCUT2D eigenvalue weighted by atomic mass is 10.0. The quantitative estimate of drug-likeness (QED) is 0.365. The molecule has 1 N–H and O–H groups in total. The second kappa shape index (κ2) is 7.06. The van der Waals surface area contributed by atoms with Crippen molar-refractivity contribution in [1.82, 2.24) is 15.0 Å². The highest BCUT2D eigenvalue weighted by Crippen LogP contribution is 2.39. The zero-order valence-corrected chi connectivity index (χ0v) is 17.3. The van der Waals surface area contributed by atoms with Crippen LogP contribution in [-0.4, -0.2) is 15.0 Å². The van der Waals surface area contributed by atoms with Gasteiger partial charge in [0.1, 0.15) is 10.8 Å². The van der Waals surface area contributed by atoms with Crippen LogP contribution in [0.5, 0.6) is 0 Å². The molecule has 0 unspecified atom stereocenters. The van der Waals surface area contributed by atoms with Gasteiger partial charge in [-0.3, -0.25) is 4.79 Å². The molecular weight excluding hydrogens is 416 g/mol. The monoisotopic (exact) mass is 428 g/mol. The van der Waals surface area contributed by atoms with Crippen LogP contribution in [0, 0.1) is 18.3 Å². The Hall–Kier alpha value is -3.53. The van der Waals surface area contributed by atoms with Crippen molar-refractivity contribution in [3.8, 4) is 27.8 Å². The summed E-state index contributed by atoms with van der Waals surface area (Å²) >= 11 is 7.77. The molecule has 0 fully saturated rings. The number of nitriles is 1. The Morgan fingerprint density at radius 1 is 1.10 bits per heavy atom. The van der Waals surface area contributed by atoms with Crippen LogP contribution in [0.2, 0.25) is 5.15 Å². The van der Waals surface area contributed by atoms with E-state index in [4.69, 9.17) is 16.6 Å². The first kappa shape index (κ1) is 18.5. The molecule has 5 nitrogen and oxygen atoms in total. The number of nitrogens with zero attached hydrogens (tertiary/aromatic N) is 3. The van der Waals surface area contributed by atoms with Crippen molar-refractivity contribution in [1.29, 1.82) is 5.26 Å². The van der Waals surface area contributed by atoms with Crippen LogP contribution in [0.3, 0.4) is 0 Å². The third-order valence-electron chi connectivity index (χ3n) is 4.86. The number of H-pyrrole nitrogens is 1. The predicted molar refractivity (Wildman–Crippen MR) is 121 cm³/mol. The molecule has 0 saturated heterocycles. The standard InChI is InChI=1S/C23H13ClN4OS/c1-12-6-15(9-21(24)27-12)16-10-17-18(29)4-5-26-23(17)28-22(16)20-8-14-3-2-13(11-25)7-19(14)30-20/h2-10H,1H3,(H,26,28,29). The van der Waals surface area contributed by atoms with Crippen LogP contribution in [0.4, 0.5) is 0 Å². The van der Waals surface area contributed by atoms with Crippen molar-refractivity contribution in [3.05, 3.63) is 81.4 Å². The molecular formula is C23H13ClN4OS. The molecule has 4 aromatic heterocycles. The summed E-state index contributed by atoms with van der Waals surface area (Å²) in [5, 5.41) is 11.1. The topological polar surface area (TPSA) is 82.4 Å². The molecule has 0 amide bonds. The smallest absolute Gasteiger partial charge is 0.191 e. The third-order valence-corrected chi connectivity index (χ3v) is 6.16. The fourth-order valence-corrected chi connectivity index (χ4v) is 4.86. The van der Waals surface area contributed by atoms with Gasteiger partial charge in [0, 0.05) is 28.2 Å². The summed E-state index contributed by atoms with van der Waals surface area (Å²) in [5.74, 6) is 0. The van der Waals surface area contributed by atoms with E-state index in [1.54, 1.807) is 29.7 Å². The van der Waals surface area contributed by atoms with Gasteiger partial charge in [-0.15, -0.1) is 11.3 Å². The van der Waals surface area contributed by atoms with Gasteiger partial charge in [-0.1, -0.05) is 17.7 Å². The molecule has 5 rings (SSSR count). The van der Waals surface area contributed by atoms with E-state index in [0.717, 1.165) is 37.5 Å². The first-order valence-corrected chi connectivity index (χ1v) is 10.3. The fourth-order valence-electron chi connectivity index (χ4n) is 3.51. The number of hydrogen-bond donors (Lipinski definition) is 1. The summed E-state index contributed by atoms with van der Waals surface area (Å²) in [6.07, 6.45) is 1.60. The normalized spacial score (nSPS) is 11.1. The molecule has 30 heavy (non-hydrogen) atoms. The van der Waals surface area contributed by atoms with Gasteiger partial charge in [0.2, 0.25) is 0 Å². The number of pyridine rings is 3. The van der Waals surface area contributed by atoms with E-state index in [1.807, 2.05) is 31.2 Å².